The summed E-state index contributed by atoms with van der Waals surface area (Å²) in [5.74, 6) is 1.63. The first-order valence-corrected chi connectivity index (χ1v) is 19.4. The molecule has 2 aliphatic heterocycles. The number of hydrogen-bond donors (Lipinski definition) is 2. The molecule has 55 heavy (non-hydrogen) atoms. The van der Waals surface area contributed by atoms with Crippen molar-refractivity contribution in [2.45, 2.75) is 51.4 Å². The Bertz CT molecular complexity index is 2700. The molecule has 2 saturated heterocycles. The van der Waals surface area contributed by atoms with Gasteiger partial charge in [-0.15, -0.1) is 0 Å². The summed E-state index contributed by atoms with van der Waals surface area (Å²) in [4.78, 5) is 14.2. The normalized spacial score (nSPS) is 15.6. The van der Waals surface area contributed by atoms with E-state index in [4.69, 9.17) is 4.98 Å². The number of piperidine rings is 2. The molecule has 0 atom stereocenters. The lowest BCUT2D eigenvalue weighted by molar-refractivity contribution is 0.446. The number of nitrogens with one attached hydrogen (secondary N) is 2. The summed E-state index contributed by atoms with van der Waals surface area (Å²) in [6, 6.07) is 22.8. The minimum absolute atomic E-state index is 0.257. The molecule has 2 N–H and O–H groups in total. The third-order valence-corrected chi connectivity index (χ3v) is 11.3. The number of nitrogens with zero attached hydrogens (tertiary/aromatic N) is 7. The molecular weight excluding hydrogens is 686 g/mol. The molecule has 0 saturated carbocycles. The van der Waals surface area contributed by atoms with E-state index in [0.717, 1.165) is 113 Å². The highest BCUT2D eigenvalue weighted by molar-refractivity contribution is 5.91. The van der Waals surface area contributed by atoms with Crippen LogP contribution in [0.5, 0.6) is 0 Å². The number of fused-ring (bicyclic) bond motifs is 4. The molecule has 0 amide bonds. The van der Waals surface area contributed by atoms with Crippen LogP contribution in [-0.4, -0.2) is 60.7 Å². The fourth-order valence-corrected chi connectivity index (χ4v) is 8.42. The van der Waals surface area contributed by atoms with Crippen LogP contribution in [0, 0.1) is 19.7 Å². The standard InChI is InChI=1S/C23H23FN4.C22H23N5/c1-14-9-17(11-19-13-28(2)27-22(14)19)18-10-16-3-4-21(15-5-7-25-8-6-15)26-23(16)20(24)12-18;1-14-9-17(11-19-13-27(2)26-21(14)19)16-3-4-20-18(10-16)12-24-22(25-20)15-5-7-23-8-6-15/h3-4,9-13,15,25H,5-8H2,1-2H3;3-4,9-13,15,23H,5-8H2,1-2H3. The van der Waals surface area contributed by atoms with Crippen molar-refractivity contribution in [2.24, 2.45) is 14.1 Å². The summed E-state index contributed by atoms with van der Waals surface area (Å²) in [7, 11) is 3.88. The molecule has 0 unspecified atom stereocenters. The Morgan fingerprint density at radius 3 is 1.80 bits per heavy atom. The molecule has 4 aromatic carbocycles. The maximum absolute atomic E-state index is 15.0. The minimum Gasteiger partial charge on any atom is -0.317 e. The van der Waals surface area contributed by atoms with E-state index >= 15 is 4.39 Å². The molecule has 2 fully saturated rings. The molecule has 8 aromatic rings. The zero-order valence-electron chi connectivity index (χ0n) is 31.9. The van der Waals surface area contributed by atoms with Crippen molar-refractivity contribution in [1.29, 1.82) is 0 Å². The quantitative estimate of drug-likeness (QED) is 0.187. The lowest BCUT2D eigenvalue weighted by atomic mass is 9.93. The average molecular weight is 732 g/mol. The van der Waals surface area contributed by atoms with Crippen LogP contribution in [0.4, 0.5) is 4.39 Å². The number of hydrogen-bond acceptors (Lipinski definition) is 7. The van der Waals surface area contributed by atoms with Gasteiger partial charge in [0.1, 0.15) is 17.2 Å². The molecule has 0 aliphatic carbocycles. The maximum atomic E-state index is 15.0. The summed E-state index contributed by atoms with van der Waals surface area (Å²) in [6.45, 7) is 8.28. The highest BCUT2D eigenvalue weighted by atomic mass is 19.1. The molecular formula is C45H46FN9. The second-order valence-electron chi connectivity index (χ2n) is 15.4. The van der Waals surface area contributed by atoms with Gasteiger partial charge in [0.05, 0.1) is 16.6 Å². The molecule has 6 heterocycles. The van der Waals surface area contributed by atoms with Crippen LogP contribution in [0.15, 0.2) is 85.3 Å². The van der Waals surface area contributed by atoms with E-state index in [1.165, 1.54) is 22.1 Å². The lowest BCUT2D eigenvalue weighted by Crippen LogP contribution is -2.27. The first-order valence-electron chi connectivity index (χ1n) is 19.4. The number of aryl methyl sites for hydroxylation is 4. The Hall–Kier alpha value is -5.58. The van der Waals surface area contributed by atoms with Crippen molar-refractivity contribution in [1.82, 2.24) is 45.1 Å². The average Bonchev–Trinajstić information content (AvgIpc) is 3.79. The van der Waals surface area contributed by atoms with Crippen molar-refractivity contribution in [3.63, 3.8) is 0 Å². The summed E-state index contributed by atoms with van der Waals surface area (Å²) in [5, 5.41) is 20.0. The zero-order chi connectivity index (χ0) is 37.6. The first kappa shape index (κ1) is 35.1. The fraction of sp³-hybridized carbons (Fsp3) is 0.311. The molecule has 2 aliphatic rings. The summed E-state index contributed by atoms with van der Waals surface area (Å²) in [5.41, 5.74) is 11.1. The van der Waals surface area contributed by atoms with E-state index in [2.05, 4.69) is 92.5 Å². The number of halogens is 1. The van der Waals surface area contributed by atoms with Crippen molar-refractivity contribution < 1.29 is 4.39 Å². The lowest BCUT2D eigenvalue weighted by Gasteiger charge is -2.22. The smallest absolute Gasteiger partial charge is 0.150 e. The number of rotatable bonds is 4. The highest BCUT2D eigenvalue weighted by Crippen LogP contribution is 2.33. The van der Waals surface area contributed by atoms with Crippen LogP contribution in [0.3, 0.4) is 0 Å². The first-order chi connectivity index (χ1) is 26.8. The molecule has 0 bridgehead atoms. The zero-order valence-corrected chi connectivity index (χ0v) is 31.9. The largest absolute Gasteiger partial charge is 0.317 e. The third kappa shape index (κ3) is 7.08. The van der Waals surface area contributed by atoms with Crippen molar-refractivity contribution in [2.75, 3.05) is 26.2 Å². The van der Waals surface area contributed by atoms with Crippen LogP contribution in [0.25, 0.3) is 65.9 Å². The van der Waals surface area contributed by atoms with Gasteiger partial charge < -0.3 is 10.6 Å². The van der Waals surface area contributed by atoms with Gasteiger partial charge >= 0.3 is 0 Å². The third-order valence-electron chi connectivity index (χ3n) is 11.3. The fourth-order valence-electron chi connectivity index (χ4n) is 8.42. The van der Waals surface area contributed by atoms with Gasteiger partial charge in [-0.2, -0.15) is 10.2 Å². The van der Waals surface area contributed by atoms with E-state index in [1.54, 1.807) is 6.07 Å². The SMILES string of the molecule is Cc1cc(-c2cc(F)c3nc(C4CCNCC4)ccc3c2)cc2cn(C)nc12.Cc1cc(-c2ccc3nc(C4CCNCC4)ncc3c2)cc2cn(C)nc12. The Kier molecular flexibility index (Phi) is 9.31. The van der Waals surface area contributed by atoms with Gasteiger partial charge in [-0.25, -0.2) is 19.3 Å². The topological polar surface area (TPSA) is 98.4 Å². The molecule has 0 radical (unpaired) electrons. The number of aromatic nitrogens is 7. The van der Waals surface area contributed by atoms with Crippen LogP contribution in [0.2, 0.25) is 0 Å². The Morgan fingerprint density at radius 2 is 1.15 bits per heavy atom. The van der Waals surface area contributed by atoms with Gasteiger partial charge in [0.25, 0.3) is 0 Å². The Balaban J connectivity index is 0.000000144. The van der Waals surface area contributed by atoms with Crippen molar-refractivity contribution in [3.8, 4) is 22.3 Å². The molecule has 10 rings (SSSR count). The van der Waals surface area contributed by atoms with E-state index in [9.17, 15) is 0 Å². The predicted molar refractivity (Wildman–Crippen MR) is 220 cm³/mol. The van der Waals surface area contributed by atoms with E-state index in [1.807, 2.05) is 54.9 Å². The van der Waals surface area contributed by atoms with E-state index in [-0.39, 0.29) is 5.82 Å². The number of pyridine rings is 1. The molecule has 4 aromatic heterocycles. The van der Waals surface area contributed by atoms with E-state index in [0.29, 0.717) is 17.4 Å². The highest BCUT2D eigenvalue weighted by Gasteiger charge is 2.20. The molecule has 10 heteroatoms. The van der Waals surface area contributed by atoms with Crippen LogP contribution >= 0.6 is 0 Å². The predicted octanol–water partition coefficient (Wildman–Crippen LogP) is 8.66. The van der Waals surface area contributed by atoms with Gasteiger partial charge in [0.15, 0.2) is 0 Å². The van der Waals surface area contributed by atoms with E-state index < -0.39 is 0 Å². The summed E-state index contributed by atoms with van der Waals surface area (Å²) in [6.07, 6.45) is 10.4. The Morgan fingerprint density at radius 1 is 0.582 bits per heavy atom. The van der Waals surface area contributed by atoms with Crippen molar-refractivity contribution in [3.05, 3.63) is 114 Å². The van der Waals surface area contributed by atoms with Gasteiger partial charge in [0.2, 0.25) is 0 Å². The maximum Gasteiger partial charge on any atom is 0.150 e. The molecule has 9 nitrogen and oxygen atoms in total. The second-order valence-corrected chi connectivity index (χ2v) is 15.4. The van der Waals surface area contributed by atoms with Gasteiger partial charge in [-0.05, 0) is 154 Å². The Labute approximate surface area is 320 Å². The summed E-state index contributed by atoms with van der Waals surface area (Å²) < 4.78 is 18.7. The summed E-state index contributed by atoms with van der Waals surface area (Å²) >= 11 is 0. The van der Waals surface area contributed by atoms with Gasteiger partial charge in [0, 0.05) is 71.8 Å². The van der Waals surface area contributed by atoms with Crippen LogP contribution in [0.1, 0.15) is 60.2 Å². The van der Waals surface area contributed by atoms with Gasteiger partial charge in [-0.1, -0.05) is 12.1 Å². The molecule has 0 spiro atoms. The van der Waals surface area contributed by atoms with Crippen LogP contribution < -0.4 is 10.6 Å². The second kappa shape index (κ2) is 14.6. The van der Waals surface area contributed by atoms with Crippen molar-refractivity contribution >= 4 is 43.6 Å². The molecule has 278 valence electrons. The van der Waals surface area contributed by atoms with Crippen LogP contribution in [-0.2, 0) is 14.1 Å². The number of benzene rings is 4. The van der Waals surface area contributed by atoms with Gasteiger partial charge in [-0.3, -0.25) is 9.36 Å². The minimum atomic E-state index is -0.257. The monoisotopic (exact) mass is 731 g/mol.